The molecular weight excluding hydrogens is 178 g/mol. The number of nitrogens with two attached hydrogens (primary N) is 1. The lowest BCUT2D eigenvalue weighted by Gasteiger charge is -2.46. The van der Waals surface area contributed by atoms with E-state index in [1.165, 1.54) is 0 Å². The van der Waals surface area contributed by atoms with Gasteiger partial charge in [0.1, 0.15) is 0 Å². The Morgan fingerprint density at radius 1 is 1.57 bits per heavy atom. The van der Waals surface area contributed by atoms with E-state index >= 15 is 0 Å². The first kappa shape index (κ1) is 11.3. The topological polar surface area (TPSA) is 49.6 Å². The highest BCUT2D eigenvalue weighted by molar-refractivity contribution is 5.72. The highest BCUT2D eigenvalue weighted by Gasteiger charge is 2.38. The zero-order valence-electron chi connectivity index (χ0n) is 9.58. The van der Waals surface area contributed by atoms with Crippen LogP contribution in [0.1, 0.15) is 20.3 Å². The molecule has 0 radical (unpaired) electrons. The van der Waals surface area contributed by atoms with E-state index in [0.717, 1.165) is 19.5 Å². The third kappa shape index (κ3) is 2.18. The van der Waals surface area contributed by atoms with Crippen molar-refractivity contribution in [2.75, 3.05) is 27.2 Å². The van der Waals surface area contributed by atoms with E-state index in [1.54, 1.807) is 11.9 Å². The number of primary amides is 1. The molecule has 1 heterocycles. The fourth-order valence-electron chi connectivity index (χ4n) is 2.48. The molecule has 0 saturated carbocycles. The summed E-state index contributed by atoms with van der Waals surface area (Å²) in [6, 6.07) is -0.0659. The van der Waals surface area contributed by atoms with Gasteiger partial charge in [-0.15, -0.1) is 0 Å². The van der Waals surface area contributed by atoms with Crippen molar-refractivity contribution in [3.8, 4) is 0 Å². The maximum absolute atomic E-state index is 11.1. The molecule has 0 aromatic rings. The molecule has 1 aliphatic rings. The van der Waals surface area contributed by atoms with Crippen LogP contribution in [0, 0.1) is 5.41 Å². The van der Waals surface area contributed by atoms with Gasteiger partial charge in [-0.3, -0.25) is 0 Å². The van der Waals surface area contributed by atoms with Crippen LogP contribution in [0.15, 0.2) is 0 Å². The van der Waals surface area contributed by atoms with E-state index in [2.05, 4.69) is 25.8 Å². The molecule has 0 unspecified atom stereocenters. The molecule has 2 N–H and O–H groups in total. The Balaban J connectivity index is 2.73. The van der Waals surface area contributed by atoms with Gasteiger partial charge in [-0.2, -0.15) is 0 Å². The van der Waals surface area contributed by atoms with Gasteiger partial charge in [0.25, 0.3) is 0 Å². The molecule has 4 nitrogen and oxygen atoms in total. The second-order valence-electron chi connectivity index (χ2n) is 4.98. The van der Waals surface area contributed by atoms with Crippen molar-refractivity contribution in [3.63, 3.8) is 0 Å². The highest BCUT2D eigenvalue weighted by atomic mass is 16.2. The maximum atomic E-state index is 11.1. The van der Waals surface area contributed by atoms with Crippen molar-refractivity contribution < 1.29 is 4.79 Å². The number of likely N-dealkylation sites (tertiary alicyclic amines) is 1. The molecule has 0 bridgehead atoms. The van der Waals surface area contributed by atoms with Crippen molar-refractivity contribution in [1.82, 2.24) is 9.80 Å². The van der Waals surface area contributed by atoms with Gasteiger partial charge in [0.2, 0.25) is 0 Å². The molecule has 1 rings (SSSR count). The number of carbonyl (C=O) groups excluding carboxylic acids is 1. The summed E-state index contributed by atoms with van der Waals surface area (Å²) < 4.78 is 0. The van der Waals surface area contributed by atoms with Crippen LogP contribution in [0.25, 0.3) is 0 Å². The second kappa shape index (κ2) is 3.77. The van der Waals surface area contributed by atoms with Crippen LogP contribution >= 0.6 is 0 Å². The third-order valence-corrected chi connectivity index (χ3v) is 3.18. The van der Waals surface area contributed by atoms with E-state index in [4.69, 9.17) is 5.73 Å². The highest BCUT2D eigenvalue weighted by Crippen LogP contribution is 2.31. The van der Waals surface area contributed by atoms with Crippen molar-refractivity contribution in [1.29, 1.82) is 0 Å². The molecule has 0 aliphatic carbocycles. The molecule has 0 aromatic carbocycles. The van der Waals surface area contributed by atoms with E-state index in [9.17, 15) is 4.79 Å². The van der Waals surface area contributed by atoms with Crippen molar-refractivity contribution in [3.05, 3.63) is 0 Å². The largest absolute Gasteiger partial charge is 0.351 e. The molecule has 1 atom stereocenters. The summed E-state index contributed by atoms with van der Waals surface area (Å²) in [5, 5.41) is 0. The summed E-state index contributed by atoms with van der Waals surface area (Å²) in [4.78, 5) is 15.1. The number of amides is 2. The lowest BCUT2D eigenvalue weighted by Crippen LogP contribution is -2.56. The smallest absolute Gasteiger partial charge is 0.314 e. The van der Waals surface area contributed by atoms with Gasteiger partial charge in [-0.25, -0.2) is 4.79 Å². The zero-order chi connectivity index (χ0) is 10.9. The standard InChI is InChI=1S/C10H21N3O/c1-10(2)7-12(3)6-5-8(10)13(4)9(11)14/h8H,5-7H2,1-4H3,(H2,11,14)/t8-/m1/s1. The molecule has 82 valence electrons. The van der Waals surface area contributed by atoms with E-state index in [1.807, 2.05) is 0 Å². The lowest BCUT2D eigenvalue weighted by molar-refractivity contribution is 0.0473. The molecule has 14 heavy (non-hydrogen) atoms. The molecule has 4 heteroatoms. The van der Waals surface area contributed by atoms with Crippen LogP contribution in [-0.4, -0.2) is 49.1 Å². The van der Waals surface area contributed by atoms with Crippen molar-refractivity contribution >= 4 is 6.03 Å². The van der Waals surface area contributed by atoms with Crippen molar-refractivity contribution in [2.24, 2.45) is 11.1 Å². The van der Waals surface area contributed by atoms with Crippen LogP contribution in [0.5, 0.6) is 0 Å². The van der Waals surface area contributed by atoms with Crippen molar-refractivity contribution in [2.45, 2.75) is 26.3 Å². The average Bonchev–Trinajstić information content (AvgIpc) is 2.01. The summed E-state index contributed by atoms with van der Waals surface area (Å²) >= 11 is 0. The summed E-state index contributed by atoms with van der Waals surface area (Å²) in [6.07, 6.45) is 1.00. The number of carbonyl (C=O) groups is 1. The summed E-state index contributed by atoms with van der Waals surface area (Å²) in [7, 11) is 3.91. The second-order valence-corrected chi connectivity index (χ2v) is 4.98. The van der Waals surface area contributed by atoms with Gasteiger partial charge in [0, 0.05) is 19.6 Å². The Hall–Kier alpha value is -0.770. The molecular formula is C10H21N3O. The molecule has 1 saturated heterocycles. The Labute approximate surface area is 86.0 Å². The number of hydrogen-bond acceptors (Lipinski definition) is 2. The fraction of sp³-hybridized carbons (Fsp3) is 0.900. The summed E-state index contributed by atoms with van der Waals surface area (Å²) in [5.41, 5.74) is 5.42. The van der Waals surface area contributed by atoms with Gasteiger partial charge in [0.05, 0.1) is 0 Å². The first-order valence-electron chi connectivity index (χ1n) is 5.05. The first-order valence-corrected chi connectivity index (χ1v) is 5.05. The minimum Gasteiger partial charge on any atom is -0.351 e. The number of piperidine rings is 1. The van der Waals surface area contributed by atoms with Crippen LogP contribution in [0.3, 0.4) is 0 Å². The van der Waals surface area contributed by atoms with Gasteiger partial charge in [0.15, 0.2) is 0 Å². The Kier molecular flexibility index (Phi) is 3.04. The van der Waals surface area contributed by atoms with Crippen LogP contribution in [-0.2, 0) is 0 Å². The predicted molar refractivity (Wildman–Crippen MR) is 57.0 cm³/mol. The van der Waals surface area contributed by atoms with E-state index in [-0.39, 0.29) is 17.5 Å². The molecule has 1 aliphatic heterocycles. The van der Waals surface area contributed by atoms with Crippen LogP contribution in [0.4, 0.5) is 4.79 Å². The van der Waals surface area contributed by atoms with Gasteiger partial charge in [-0.05, 0) is 25.4 Å². The number of rotatable bonds is 1. The first-order chi connectivity index (χ1) is 6.34. The van der Waals surface area contributed by atoms with Gasteiger partial charge < -0.3 is 15.5 Å². The quantitative estimate of drug-likeness (QED) is 0.676. The fourth-order valence-corrected chi connectivity index (χ4v) is 2.48. The third-order valence-electron chi connectivity index (χ3n) is 3.18. The molecule has 1 fully saturated rings. The SMILES string of the molecule is CN1CC[C@@H](N(C)C(N)=O)C(C)(C)C1. The van der Waals surface area contributed by atoms with E-state index < -0.39 is 0 Å². The summed E-state index contributed by atoms with van der Waals surface area (Å²) in [6.45, 7) is 6.42. The Bertz CT molecular complexity index is 227. The van der Waals surface area contributed by atoms with Gasteiger partial charge in [-0.1, -0.05) is 13.8 Å². The normalized spacial score (nSPS) is 27.3. The Morgan fingerprint density at radius 2 is 2.14 bits per heavy atom. The summed E-state index contributed by atoms with van der Waals surface area (Å²) in [5.74, 6) is 0. The maximum Gasteiger partial charge on any atom is 0.314 e. The zero-order valence-corrected chi connectivity index (χ0v) is 9.58. The molecule has 0 spiro atoms. The minimum atomic E-state index is -0.326. The average molecular weight is 199 g/mol. The molecule has 2 amide bonds. The monoisotopic (exact) mass is 199 g/mol. The lowest BCUT2D eigenvalue weighted by atomic mass is 9.78. The van der Waals surface area contributed by atoms with Crippen LogP contribution in [0.2, 0.25) is 0 Å². The van der Waals surface area contributed by atoms with E-state index in [0.29, 0.717) is 0 Å². The number of hydrogen-bond donors (Lipinski definition) is 1. The predicted octanol–water partition coefficient (Wildman–Crippen LogP) is 0.727. The molecule has 0 aromatic heterocycles. The Morgan fingerprint density at radius 3 is 2.57 bits per heavy atom. The number of nitrogens with zero attached hydrogens (tertiary/aromatic N) is 2. The number of urea groups is 1. The van der Waals surface area contributed by atoms with Crippen LogP contribution < -0.4 is 5.73 Å². The van der Waals surface area contributed by atoms with Gasteiger partial charge >= 0.3 is 6.03 Å². The minimum absolute atomic E-state index is 0.122.